The van der Waals surface area contributed by atoms with E-state index < -0.39 is 17.8 Å². The fourth-order valence-corrected chi connectivity index (χ4v) is 4.10. The van der Waals surface area contributed by atoms with Crippen molar-refractivity contribution >= 4 is 28.4 Å². The van der Waals surface area contributed by atoms with Crippen molar-refractivity contribution in [2.75, 3.05) is 19.7 Å². The largest absolute Gasteiger partial charge is 0.490 e. The summed E-state index contributed by atoms with van der Waals surface area (Å²) in [6, 6.07) is 9.72. The van der Waals surface area contributed by atoms with Crippen molar-refractivity contribution in [3.05, 3.63) is 64.1 Å². The number of nitrogens with one attached hydrogen (secondary N) is 1. The number of hydrogen-bond acceptors (Lipinski definition) is 4. The minimum Gasteiger partial charge on any atom is -0.490 e. The quantitative estimate of drug-likeness (QED) is 0.536. The third-order valence-electron chi connectivity index (χ3n) is 5.31. The topological polar surface area (TPSA) is 91.6 Å². The number of rotatable bonds is 7. The zero-order chi connectivity index (χ0) is 21.3. The van der Waals surface area contributed by atoms with Crippen LogP contribution in [0.5, 0.6) is 5.75 Å². The molecule has 2 aromatic carbocycles. The molecule has 1 atom stereocenters. The van der Waals surface area contributed by atoms with Gasteiger partial charge in [0, 0.05) is 59.3 Å². The second-order valence-electron chi connectivity index (χ2n) is 7.62. The van der Waals surface area contributed by atoms with Gasteiger partial charge in [-0.05, 0) is 29.8 Å². The second-order valence-corrected chi connectivity index (χ2v) is 8.05. The van der Waals surface area contributed by atoms with E-state index in [-0.39, 0.29) is 18.8 Å². The van der Waals surface area contributed by atoms with Crippen LogP contribution in [-0.4, -0.2) is 46.7 Å². The number of ether oxygens (including phenoxy) is 1. The molecule has 0 saturated carbocycles. The summed E-state index contributed by atoms with van der Waals surface area (Å²) in [5, 5.41) is 12.3. The molecule has 4 rings (SSSR count). The highest BCUT2D eigenvalue weighted by Crippen LogP contribution is 2.30. The number of aliphatic hydroxyl groups is 1. The zero-order valence-corrected chi connectivity index (χ0v) is 17.1. The van der Waals surface area contributed by atoms with Gasteiger partial charge in [-0.3, -0.25) is 9.69 Å². The lowest BCUT2D eigenvalue weighted by Crippen LogP contribution is -2.38. The Labute approximate surface area is 178 Å². The van der Waals surface area contributed by atoms with Gasteiger partial charge >= 0.3 is 0 Å². The number of primary amides is 1. The van der Waals surface area contributed by atoms with Crippen LogP contribution in [0.4, 0.5) is 4.39 Å². The number of carbonyl (C=O) groups is 1. The van der Waals surface area contributed by atoms with Crippen molar-refractivity contribution in [3.8, 4) is 5.75 Å². The molecular formula is C22H23ClFN3O3. The van der Waals surface area contributed by atoms with Gasteiger partial charge in [0.2, 0.25) is 5.91 Å². The molecule has 1 aliphatic rings. The lowest BCUT2D eigenvalue weighted by Gasteiger charge is -2.29. The molecule has 30 heavy (non-hydrogen) atoms. The summed E-state index contributed by atoms with van der Waals surface area (Å²) in [5.41, 5.74) is 9.18. The third-order valence-corrected chi connectivity index (χ3v) is 5.55. The average molecular weight is 432 g/mol. The average Bonchev–Trinajstić information content (AvgIpc) is 3.05. The number of β-amino-alcohol motifs (C(OH)–C–C–N with tert-alkyl or cyclic N) is 1. The summed E-state index contributed by atoms with van der Waals surface area (Å²) in [5.74, 6) is -0.788. The minimum atomic E-state index is -0.773. The molecule has 8 heteroatoms. The van der Waals surface area contributed by atoms with Gasteiger partial charge in [0.15, 0.2) is 0 Å². The Kier molecular flexibility index (Phi) is 5.94. The van der Waals surface area contributed by atoms with E-state index in [1.54, 1.807) is 0 Å². The number of nitrogens with zero attached hydrogens (tertiary/aromatic N) is 1. The Balaban J connectivity index is 1.39. The van der Waals surface area contributed by atoms with Crippen LogP contribution in [0.25, 0.3) is 10.9 Å². The lowest BCUT2D eigenvalue weighted by atomic mass is 10.0. The highest BCUT2D eigenvalue weighted by Gasteiger charge is 2.23. The summed E-state index contributed by atoms with van der Waals surface area (Å²) in [6.45, 7) is 1.89. The van der Waals surface area contributed by atoms with Gasteiger partial charge in [-0.2, -0.15) is 0 Å². The SMILES string of the molecule is NC(=O)Cc1ccc(F)cc1OCC(O)CN1CCc2[nH]c3ccc(Cl)cc3c2C1. The van der Waals surface area contributed by atoms with Crippen LogP contribution in [0.1, 0.15) is 16.8 Å². The number of nitrogens with two attached hydrogens (primary N) is 1. The Morgan fingerprint density at radius 3 is 2.97 bits per heavy atom. The molecule has 0 fully saturated rings. The molecule has 6 nitrogen and oxygen atoms in total. The number of benzene rings is 2. The summed E-state index contributed by atoms with van der Waals surface area (Å²) in [6.07, 6.45) is 0.0241. The lowest BCUT2D eigenvalue weighted by molar-refractivity contribution is -0.117. The molecule has 0 saturated heterocycles. The highest BCUT2D eigenvalue weighted by molar-refractivity contribution is 6.31. The number of aromatic amines is 1. The first-order valence-corrected chi connectivity index (χ1v) is 10.2. The number of aliphatic hydroxyl groups excluding tert-OH is 1. The first kappa shape index (κ1) is 20.7. The summed E-state index contributed by atoms with van der Waals surface area (Å²) in [4.78, 5) is 16.8. The van der Waals surface area contributed by atoms with Crippen LogP contribution < -0.4 is 10.5 Å². The maximum atomic E-state index is 13.6. The van der Waals surface area contributed by atoms with E-state index in [2.05, 4.69) is 9.88 Å². The number of halogens is 2. The molecule has 158 valence electrons. The monoisotopic (exact) mass is 431 g/mol. The third kappa shape index (κ3) is 4.59. The second kappa shape index (κ2) is 8.63. The van der Waals surface area contributed by atoms with E-state index in [1.165, 1.54) is 29.5 Å². The summed E-state index contributed by atoms with van der Waals surface area (Å²) in [7, 11) is 0. The number of aromatic nitrogens is 1. The summed E-state index contributed by atoms with van der Waals surface area (Å²) >= 11 is 6.15. The van der Waals surface area contributed by atoms with E-state index >= 15 is 0 Å². The van der Waals surface area contributed by atoms with Crippen molar-refractivity contribution in [2.45, 2.75) is 25.5 Å². The molecule has 0 aliphatic carbocycles. The van der Waals surface area contributed by atoms with Gasteiger partial charge in [0.25, 0.3) is 0 Å². The predicted octanol–water partition coefficient (Wildman–Crippen LogP) is 2.79. The number of H-pyrrole nitrogens is 1. The zero-order valence-electron chi connectivity index (χ0n) is 16.3. The van der Waals surface area contributed by atoms with Gasteiger partial charge in [-0.15, -0.1) is 0 Å². The van der Waals surface area contributed by atoms with Gasteiger partial charge < -0.3 is 20.6 Å². The highest BCUT2D eigenvalue weighted by atomic mass is 35.5. The first-order valence-electron chi connectivity index (χ1n) is 9.78. The van der Waals surface area contributed by atoms with Crippen molar-refractivity contribution in [1.82, 2.24) is 9.88 Å². The smallest absolute Gasteiger partial charge is 0.221 e. The normalized spacial score (nSPS) is 15.2. The molecule has 0 spiro atoms. The standard InChI is InChI=1S/C22H23ClFN3O3/c23-14-2-4-19-17(8-14)18-11-27(6-5-20(18)26-19)10-16(28)12-30-21-9-15(24)3-1-13(21)7-22(25)29/h1-4,8-9,16,26,28H,5-7,10-12H2,(H2,25,29). The van der Waals surface area contributed by atoms with Gasteiger partial charge in [-0.25, -0.2) is 4.39 Å². The van der Waals surface area contributed by atoms with Crippen molar-refractivity contribution in [1.29, 1.82) is 0 Å². The molecule has 0 bridgehead atoms. The van der Waals surface area contributed by atoms with Crippen LogP contribution in [0.3, 0.4) is 0 Å². The molecule has 1 amide bonds. The maximum Gasteiger partial charge on any atom is 0.221 e. The molecule has 0 radical (unpaired) electrons. The van der Waals surface area contributed by atoms with Crippen molar-refractivity contribution in [2.24, 2.45) is 5.73 Å². The fraction of sp³-hybridized carbons (Fsp3) is 0.318. The Morgan fingerprint density at radius 2 is 2.17 bits per heavy atom. The number of hydrogen-bond donors (Lipinski definition) is 3. The van der Waals surface area contributed by atoms with Crippen LogP contribution in [0.15, 0.2) is 36.4 Å². The fourth-order valence-electron chi connectivity index (χ4n) is 3.93. The van der Waals surface area contributed by atoms with Crippen LogP contribution >= 0.6 is 11.6 Å². The van der Waals surface area contributed by atoms with E-state index in [4.69, 9.17) is 22.1 Å². The van der Waals surface area contributed by atoms with Gasteiger partial charge in [0.05, 0.1) is 6.42 Å². The van der Waals surface area contributed by atoms with E-state index in [0.29, 0.717) is 23.7 Å². The van der Waals surface area contributed by atoms with E-state index in [1.807, 2.05) is 18.2 Å². The van der Waals surface area contributed by atoms with Gasteiger partial charge in [-0.1, -0.05) is 17.7 Å². The van der Waals surface area contributed by atoms with Gasteiger partial charge in [0.1, 0.15) is 24.3 Å². The van der Waals surface area contributed by atoms with Crippen molar-refractivity contribution < 1.29 is 19.0 Å². The minimum absolute atomic E-state index is 0.0156. The molecule has 3 aromatic rings. The van der Waals surface area contributed by atoms with Crippen LogP contribution in [0.2, 0.25) is 5.02 Å². The first-order chi connectivity index (χ1) is 14.4. The molecular weight excluding hydrogens is 409 g/mol. The maximum absolute atomic E-state index is 13.6. The van der Waals surface area contributed by atoms with E-state index in [0.717, 1.165) is 23.9 Å². The molecule has 4 N–H and O–H groups in total. The Hall–Kier alpha value is -2.61. The number of fused-ring (bicyclic) bond motifs is 3. The number of carbonyl (C=O) groups excluding carboxylic acids is 1. The molecule has 1 unspecified atom stereocenters. The predicted molar refractivity (Wildman–Crippen MR) is 113 cm³/mol. The van der Waals surface area contributed by atoms with E-state index in [9.17, 15) is 14.3 Å². The van der Waals surface area contributed by atoms with Crippen molar-refractivity contribution in [3.63, 3.8) is 0 Å². The Bertz CT molecular complexity index is 1080. The molecule has 1 aliphatic heterocycles. The van der Waals surface area contributed by atoms with Crippen LogP contribution in [0, 0.1) is 5.82 Å². The Morgan fingerprint density at radius 1 is 1.33 bits per heavy atom. The summed E-state index contributed by atoms with van der Waals surface area (Å²) < 4.78 is 19.2. The van der Waals surface area contributed by atoms with Crippen LogP contribution in [-0.2, 0) is 24.2 Å². The molecule has 1 aromatic heterocycles. The number of amides is 1. The molecule has 2 heterocycles.